The van der Waals surface area contributed by atoms with E-state index >= 15 is 0 Å². The molecule has 6 nitrogen and oxygen atoms in total. The number of piperidine rings is 1. The molecular weight excluding hydrogens is 454 g/mol. The zero-order valence-corrected chi connectivity index (χ0v) is 20.2. The monoisotopic (exact) mass is 479 g/mol. The Labute approximate surface area is 200 Å². The van der Waals surface area contributed by atoms with E-state index in [-0.39, 0.29) is 24.1 Å². The van der Waals surface area contributed by atoms with Crippen molar-refractivity contribution in [2.75, 3.05) is 13.1 Å². The lowest BCUT2D eigenvalue weighted by Gasteiger charge is -2.33. The molecule has 1 amide bonds. The van der Waals surface area contributed by atoms with Gasteiger partial charge in [-0.05, 0) is 36.4 Å². The van der Waals surface area contributed by atoms with Crippen LogP contribution >= 0.6 is 22.7 Å². The van der Waals surface area contributed by atoms with E-state index in [9.17, 15) is 9.59 Å². The number of ether oxygens (including phenoxy) is 1. The average Bonchev–Trinajstić information content (AvgIpc) is 3.49. The molecule has 0 N–H and O–H groups in total. The van der Waals surface area contributed by atoms with Crippen LogP contribution in [0.5, 0.6) is 5.75 Å². The molecule has 0 atom stereocenters. The van der Waals surface area contributed by atoms with Crippen molar-refractivity contribution in [2.45, 2.75) is 39.3 Å². The highest BCUT2D eigenvalue weighted by molar-refractivity contribution is 7.18. The molecule has 0 bridgehead atoms. The van der Waals surface area contributed by atoms with Crippen molar-refractivity contribution in [3.05, 3.63) is 68.9 Å². The molecule has 0 aliphatic carbocycles. The molecule has 0 saturated carbocycles. The van der Waals surface area contributed by atoms with Crippen molar-refractivity contribution >= 4 is 38.8 Å². The minimum atomic E-state index is -0.161. The second kappa shape index (κ2) is 9.11. The van der Waals surface area contributed by atoms with Crippen LogP contribution in [0.4, 0.5) is 0 Å². The van der Waals surface area contributed by atoms with Gasteiger partial charge in [0, 0.05) is 41.8 Å². The molecule has 0 spiro atoms. The highest BCUT2D eigenvalue weighted by Crippen LogP contribution is 2.33. The first-order valence-corrected chi connectivity index (χ1v) is 12.8. The third-order valence-corrected chi connectivity index (χ3v) is 7.93. The number of para-hydroxylation sites is 1. The Morgan fingerprint density at radius 1 is 1.12 bits per heavy atom. The number of aryl methyl sites for hydroxylation is 2. The van der Waals surface area contributed by atoms with Crippen LogP contribution < -0.4 is 10.3 Å². The number of thiophene rings is 2. The van der Waals surface area contributed by atoms with Gasteiger partial charge in [0.1, 0.15) is 23.2 Å². The SMILES string of the molecule is Cc1cccc(C)c1OC1CCN(C(=O)Cn2cnc3scc(-c4cccs4)c3c2=O)CC1. The Balaban J connectivity index is 1.27. The quantitative estimate of drug-likeness (QED) is 0.410. The Morgan fingerprint density at radius 3 is 2.58 bits per heavy atom. The first-order chi connectivity index (χ1) is 16.0. The number of carbonyl (C=O) groups excluding carboxylic acids is 1. The maximum absolute atomic E-state index is 13.2. The summed E-state index contributed by atoms with van der Waals surface area (Å²) in [6, 6.07) is 10.1. The second-order valence-corrected chi connectivity index (χ2v) is 10.2. The van der Waals surface area contributed by atoms with E-state index in [0.29, 0.717) is 23.3 Å². The lowest BCUT2D eigenvalue weighted by Crippen LogP contribution is -2.44. The minimum absolute atomic E-state index is 0.00389. The molecule has 1 saturated heterocycles. The van der Waals surface area contributed by atoms with Gasteiger partial charge in [-0.25, -0.2) is 4.98 Å². The molecule has 1 aromatic carbocycles. The third-order valence-electron chi connectivity index (χ3n) is 6.14. The number of nitrogens with zero attached hydrogens (tertiary/aromatic N) is 3. The summed E-state index contributed by atoms with van der Waals surface area (Å²) in [5, 5.41) is 4.56. The summed E-state index contributed by atoms with van der Waals surface area (Å²) in [7, 11) is 0. The van der Waals surface area contributed by atoms with Gasteiger partial charge in [-0.1, -0.05) is 24.3 Å². The maximum atomic E-state index is 13.2. The van der Waals surface area contributed by atoms with Crippen molar-refractivity contribution in [1.82, 2.24) is 14.5 Å². The maximum Gasteiger partial charge on any atom is 0.263 e. The Kier molecular flexibility index (Phi) is 6.03. The molecule has 170 valence electrons. The van der Waals surface area contributed by atoms with Crippen LogP contribution in [0.2, 0.25) is 0 Å². The fourth-order valence-corrected chi connectivity index (χ4v) is 6.03. The van der Waals surface area contributed by atoms with E-state index in [2.05, 4.69) is 31.0 Å². The smallest absolute Gasteiger partial charge is 0.263 e. The fourth-order valence-electron chi connectivity index (χ4n) is 4.31. The third kappa shape index (κ3) is 4.32. The number of aromatic nitrogens is 2. The van der Waals surface area contributed by atoms with E-state index in [1.807, 2.05) is 33.9 Å². The van der Waals surface area contributed by atoms with Crippen LogP contribution in [0.15, 0.2) is 52.2 Å². The largest absolute Gasteiger partial charge is 0.490 e. The predicted molar refractivity (Wildman–Crippen MR) is 133 cm³/mol. The van der Waals surface area contributed by atoms with Crippen LogP contribution in [0, 0.1) is 13.8 Å². The average molecular weight is 480 g/mol. The topological polar surface area (TPSA) is 64.4 Å². The highest BCUT2D eigenvalue weighted by Gasteiger charge is 2.25. The van der Waals surface area contributed by atoms with E-state index in [1.54, 1.807) is 11.3 Å². The standard InChI is InChI=1S/C25H25N3O3S2/c1-16-5-3-6-17(2)23(16)31-18-8-10-27(11-9-18)21(29)13-28-15-26-24-22(25(28)30)19(14-33-24)20-7-4-12-32-20/h3-7,12,14-15,18H,8-11,13H2,1-2H3. The summed E-state index contributed by atoms with van der Waals surface area (Å²) in [5.74, 6) is 0.891. The van der Waals surface area contributed by atoms with Gasteiger partial charge in [0.05, 0.1) is 11.7 Å². The minimum Gasteiger partial charge on any atom is -0.490 e. The van der Waals surface area contributed by atoms with E-state index in [1.165, 1.54) is 22.2 Å². The van der Waals surface area contributed by atoms with Gasteiger partial charge >= 0.3 is 0 Å². The number of amides is 1. The molecular formula is C25H25N3O3S2. The number of rotatable bonds is 5. The van der Waals surface area contributed by atoms with Gasteiger partial charge in [-0.3, -0.25) is 14.2 Å². The van der Waals surface area contributed by atoms with Gasteiger partial charge in [0.2, 0.25) is 5.91 Å². The zero-order chi connectivity index (χ0) is 22.9. The number of benzene rings is 1. The Bertz CT molecular complexity index is 1330. The first-order valence-electron chi connectivity index (χ1n) is 11.0. The number of hydrogen-bond acceptors (Lipinski definition) is 6. The molecule has 4 heterocycles. The second-order valence-electron chi connectivity index (χ2n) is 8.40. The highest BCUT2D eigenvalue weighted by atomic mass is 32.1. The van der Waals surface area contributed by atoms with E-state index in [0.717, 1.165) is 40.2 Å². The summed E-state index contributed by atoms with van der Waals surface area (Å²) in [5.41, 5.74) is 3.00. The number of carbonyl (C=O) groups is 1. The molecule has 1 aliphatic rings. The molecule has 3 aromatic heterocycles. The van der Waals surface area contributed by atoms with Crippen molar-refractivity contribution in [2.24, 2.45) is 0 Å². The van der Waals surface area contributed by atoms with Gasteiger partial charge in [0.25, 0.3) is 5.56 Å². The lowest BCUT2D eigenvalue weighted by atomic mass is 10.1. The summed E-state index contributed by atoms with van der Waals surface area (Å²) >= 11 is 3.05. The van der Waals surface area contributed by atoms with E-state index in [4.69, 9.17) is 4.74 Å². The predicted octanol–water partition coefficient (Wildman–Crippen LogP) is 4.87. The molecule has 1 aliphatic heterocycles. The van der Waals surface area contributed by atoms with Crippen molar-refractivity contribution in [3.8, 4) is 16.2 Å². The molecule has 5 rings (SSSR count). The zero-order valence-electron chi connectivity index (χ0n) is 18.6. The molecule has 8 heteroatoms. The summed E-state index contributed by atoms with van der Waals surface area (Å²) in [6.45, 7) is 5.36. The van der Waals surface area contributed by atoms with Crippen LogP contribution in [0.1, 0.15) is 24.0 Å². The molecule has 0 unspecified atom stereocenters. The van der Waals surface area contributed by atoms with Crippen LogP contribution in [-0.2, 0) is 11.3 Å². The van der Waals surface area contributed by atoms with Crippen molar-refractivity contribution in [3.63, 3.8) is 0 Å². The number of fused-ring (bicyclic) bond motifs is 1. The van der Waals surface area contributed by atoms with Crippen molar-refractivity contribution < 1.29 is 9.53 Å². The van der Waals surface area contributed by atoms with Gasteiger partial charge in [-0.2, -0.15) is 0 Å². The number of hydrogen-bond donors (Lipinski definition) is 0. The first kappa shape index (κ1) is 21.9. The van der Waals surface area contributed by atoms with Gasteiger partial charge in [-0.15, -0.1) is 22.7 Å². The Morgan fingerprint density at radius 2 is 1.88 bits per heavy atom. The molecule has 1 fully saturated rings. The fraction of sp³-hybridized carbons (Fsp3) is 0.320. The Hall–Kier alpha value is -2.97. The van der Waals surface area contributed by atoms with Crippen LogP contribution in [0.25, 0.3) is 20.7 Å². The van der Waals surface area contributed by atoms with E-state index < -0.39 is 0 Å². The van der Waals surface area contributed by atoms with Gasteiger partial charge < -0.3 is 9.64 Å². The summed E-state index contributed by atoms with van der Waals surface area (Å²) in [4.78, 5) is 34.2. The van der Waals surface area contributed by atoms with Crippen LogP contribution in [-0.4, -0.2) is 39.6 Å². The molecule has 33 heavy (non-hydrogen) atoms. The summed E-state index contributed by atoms with van der Waals surface area (Å²) in [6.07, 6.45) is 3.14. The summed E-state index contributed by atoms with van der Waals surface area (Å²) < 4.78 is 7.71. The van der Waals surface area contributed by atoms with Crippen molar-refractivity contribution in [1.29, 1.82) is 0 Å². The molecule has 0 radical (unpaired) electrons. The normalized spacial score (nSPS) is 14.7. The van der Waals surface area contributed by atoms with Crippen LogP contribution in [0.3, 0.4) is 0 Å². The lowest BCUT2D eigenvalue weighted by molar-refractivity contribution is -0.133. The van der Waals surface area contributed by atoms with Gasteiger partial charge in [0.15, 0.2) is 0 Å². The number of likely N-dealkylation sites (tertiary alicyclic amines) is 1. The molecule has 4 aromatic rings.